The number of nitrogens with zero attached hydrogens (tertiary/aromatic N) is 3. The number of fused-ring (bicyclic) bond motifs is 1. The van der Waals surface area contributed by atoms with E-state index >= 15 is 0 Å². The van der Waals surface area contributed by atoms with Gasteiger partial charge >= 0.3 is 0 Å². The summed E-state index contributed by atoms with van der Waals surface area (Å²) < 4.78 is 27.6. The molecular weight excluding hydrogens is 340 g/mol. The second-order valence-corrected chi connectivity index (χ2v) is 7.82. The van der Waals surface area contributed by atoms with Crippen LogP contribution in [0, 0.1) is 0 Å². The van der Waals surface area contributed by atoms with Crippen LogP contribution in [0.25, 0.3) is 11.0 Å². The monoisotopic (exact) mass is 362 g/mol. The van der Waals surface area contributed by atoms with Crippen molar-refractivity contribution < 1.29 is 13.2 Å². The zero-order chi connectivity index (χ0) is 17.9. The third-order valence-electron chi connectivity index (χ3n) is 4.49. The third-order valence-corrected chi connectivity index (χ3v) is 5.59. The van der Waals surface area contributed by atoms with E-state index in [9.17, 15) is 13.2 Å². The van der Waals surface area contributed by atoms with E-state index in [1.54, 1.807) is 11.2 Å². The van der Waals surface area contributed by atoms with Gasteiger partial charge in [0.2, 0.25) is 15.9 Å². The number of rotatable bonds is 6. The van der Waals surface area contributed by atoms with E-state index in [4.69, 9.17) is 0 Å². The Bertz CT molecular complexity index is 867. The molecule has 0 spiro atoms. The Labute approximate surface area is 147 Å². The average molecular weight is 362 g/mol. The Kier molecular flexibility index (Phi) is 5.19. The number of carbonyl (C=O) groups is 1. The van der Waals surface area contributed by atoms with Gasteiger partial charge in [0.25, 0.3) is 0 Å². The number of aryl methyl sites for hydroxylation is 1. The second-order valence-electron chi connectivity index (χ2n) is 6.16. The first-order valence-electron chi connectivity index (χ1n) is 8.31. The first kappa shape index (κ1) is 17.6. The predicted octanol–water partition coefficient (Wildman–Crippen LogP) is 1.48. The van der Waals surface area contributed by atoms with E-state index in [1.807, 2.05) is 28.8 Å². The zero-order valence-corrected chi connectivity index (χ0v) is 14.8. The first-order chi connectivity index (χ1) is 12.0. The van der Waals surface area contributed by atoms with Crippen molar-refractivity contribution in [3.05, 3.63) is 42.6 Å². The lowest BCUT2D eigenvalue weighted by Crippen LogP contribution is -2.46. The summed E-state index contributed by atoms with van der Waals surface area (Å²) in [5, 5.41) is 0.917. The fourth-order valence-electron chi connectivity index (χ4n) is 3.09. The van der Waals surface area contributed by atoms with E-state index < -0.39 is 10.0 Å². The van der Waals surface area contributed by atoms with Crippen LogP contribution in [0.3, 0.4) is 0 Å². The Morgan fingerprint density at radius 1 is 1.32 bits per heavy atom. The molecular formula is C17H22N4O3S. The highest BCUT2D eigenvalue weighted by Gasteiger charge is 2.24. The van der Waals surface area contributed by atoms with Crippen LogP contribution < -0.4 is 4.72 Å². The third kappa shape index (κ3) is 4.26. The van der Waals surface area contributed by atoms with Gasteiger partial charge in [0.1, 0.15) is 0 Å². The minimum Gasteiger partial charge on any atom is -0.343 e. The van der Waals surface area contributed by atoms with Crippen LogP contribution in [0.2, 0.25) is 0 Å². The molecule has 1 aromatic carbocycles. The number of hydrogen-bond donors (Lipinski definition) is 1. The van der Waals surface area contributed by atoms with Gasteiger partial charge in [-0.25, -0.2) is 18.1 Å². The lowest BCUT2D eigenvalue weighted by molar-refractivity contribution is -0.132. The molecule has 1 fully saturated rings. The number of hydrogen-bond acceptors (Lipinski definition) is 4. The van der Waals surface area contributed by atoms with Crippen molar-refractivity contribution in [3.8, 4) is 0 Å². The van der Waals surface area contributed by atoms with E-state index in [1.165, 1.54) is 0 Å². The van der Waals surface area contributed by atoms with Crippen LogP contribution in [0.1, 0.15) is 19.3 Å². The zero-order valence-electron chi connectivity index (χ0n) is 14.0. The maximum absolute atomic E-state index is 12.4. The number of imidazole rings is 1. The Morgan fingerprint density at radius 3 is 2.76 bits per heavy atom. The maximum Gasteiger partial charge on any atom is 0.233 e. The molecule has 0 saturated carbocycles. The van der Waals surface area contributed by atoms with Gasteiger partial charge in [-0.05, 0) is 25.0 Å². The van der Waals surface area contributed by atoms with E-state index in [0.29, 0.717) is 38.9 Å². The van der Waals surface area contributed by atoms with Gasteiger partial charge in [0.15, 0.2) is 0 Å². The largest absolute Gasteiger partial charge is 0.343 e. The van der Waals surface area contributed by atoms with Gasteiger partial charge in [-0.15, -0.1) is 0 Å². The number of para-hydroxylation sites is 2. The van der Waals surface area contributed by atoms with Crippen molar-refractivity contribution >= 4 is 27.0 Å². The summed E-state index contributed by atoms with van der Waals surface area (Å²) >= 11 is 0. The second kappa shape index (κ2) is 7.37. The van der Waals surface area contributed by atoms with Crippen LogP contribution in [0.5, 0.6) is 0 Å². The fourth-order valence-corrected chi connectivity index (χ4v) is 3.89. The highest BCUT2D eigenvalue weighted by molar-refractivity contribution is 7.92. The van der Waals surface area contributed by atoms with Crippen molar-refractivity contribution in [3.63, 3.8) is 0 Å². The minimum absolute atomic E-state index is 0.0859. The fraction of sp³-hybridized carbons (Fsp3) is 0.412. The van der Waals surface area contributed by atoms with E-state index in [0.717, 1.165) is 16.4 Å². The topological polar surface area (TPSA) is 84.3 Å². The summed E-state index contributed by atoms with van der Waals surface area (Å²) in [6.45, 7) is 5.00. The first-order valence-corrected chi connectivity index (χ1v) is 9.85. The van der Waals surface area contributed by atoms with Gasteiger partial charge < -0.3 is 9.47 Å². The van der Waals surface area contributed by atoms with Crippen LogP contribution in [0.4, 0.5) is 0 Å². The molecule has 0 bridgehead atoms. The Hall–Kier alpha value is -2.19. The molecule has 2 heterocycles. The molecule has 25 heavy (non-hydrogen) atoms. The number of carbonyl (C=O) groups excluding carboxylic acids is 1. The van der Waals surface area contributed by atoms with Gasteiger partial charge in [0.05, 0.1) is 17.4 Å². The molecule has 8 heteroatoms. The molecule has 1 N–H and O–H groups in total. The molecule has 2 aromatic rings. The average Bonchev–Trinajstić information content (AvgIpc) is 3.03. The van der Waals surface area contributed by atoms with Crippen molar-refractivity contribution in [1.82, 2.24) is 19.2 Å². The molecule has 1 aromatic heterocycles. The number of nitrogens with one attached hydrogen (secondary N) is 1. The lowest BCUT2D eigenvalue weighted by Gasteiger charge is -2.32. The van der Waals surface area contributed by atoms with Crippen LogP contribution in [-0.2, 0) is 21.4 Å². The van der Waals surface area contributed by atoms with Crippen LogP contribution in [-0.4, -0.2) is 47.9 Å². The summed E-state index contributed by atoms with van der Waals surface area (Å²) in [6, 6.07) is 7.70. The molecule has 1 aliphatic rings. The molecule has 1 saturated heterocycles. The molecule has 0 unspecified atom stereocenters. The summed E-state index contributed by atoms with van der Waals surface area (Å²) in [7, 11) is -3.42. The SMILES string of the molecule is C=CS(=O)(=O)NC1CCN(C(=O)CCn2cnc3ccccc32)CC1. The predicted molar refractivity (Wildman–Crippen MR) is 96.2 cm³/mol. The number of benzene rings is 1. The van der Waals surface area contributed by atoms with Gasteiger partial charge in [0, 0.05) is 37.5 Å². The number of aromatic nitrogens is 2. The van der Waals surface area contributed by atoms with Crippen LogP contribution in [0.15, 0.2) is 42.6 Å². The standard InChI is InChI=1S/C17H22N4O3S/c1-2-25(23,24)19-14-7-10-20(11-8-14)17(22)9-12-21-13-18-15-5-3-4-6-16(15)21/h2-6,13-14,19H,1,7-12H2. The molecule has 134 valence electrons. The van der Waals surface area contributed by atoms with Crippen molar-refractivity contribution in [2.75, 3.05) is 13.1 Å². The van der Waals surface area contributed by atoms with E-state index in [2.05, 4.69) is 16.3 Å². The summed E-state index contributed by atoms with van der Waals surface area (Å²) in [6.07, 6.45) is 3.40. The van der Waals surface area contributed by atoms with Crippen molar-refractivity contribution in [2.24, 2.45) is 0 Å². The van der Waals surface area contributed by atoms with Crippen LogP contribution >= 0.6 is 0 Å². The normalized spacial score (nSPS) is 16.2. The maximum atomic E-state index is 12.4. The highest BCUT2D eigenvalue weighted by atomic mass is 32.2. The molecule has 1 amide bonds. The minimum atomic E-state index is -3.42. The molecule has 7 nitrogen and oxygen atoms in total. The van der Waals surface area contributed by atoms with Gasteiger partial charge in [-0.2, -0.15) is 0 Å². The van der Waals surface area contributed by atoms with Crippen molar-refractivity contribution in [2.45, 2.75) is 31.8 Å². The van der Waals surface area contributed by atoms with E-state index in [-0.39, 0.29) is 11.9 Å². The highest BCUT2D eigenvalue weighted by Crippen LogP contribution is 2.15. The van der Waals surface area contributed by atoms with Gasteiger partial charge in [-0.1, -0.05) is 18.7 Å². The molecule has 0 radical (unpaired) electrons. The molecule has 0 aliphatic carbocycles. The lowest BCUT2D eigenvalue weighted by atomic mass is 10.1. The molecule has 1 aliphatic heterocycles. The van der Waals surface area contributed by atoms with Crippen molar-refractivity contribution in [1.29, 1.82) is 0 Å². The number of sulfonamides is 1. The Balaban J connectivity index is 1.51. The number of likely N-dealkylation sites (tertiary alicyclic amines) is 1. The summed E-state index contributed by atoms with van der Waals surface area (Å²) in [4.78, 5) is 18.5. The smallest absolute Gasteiger partial charge is 0.233 e. The number of amides is 1. The number of piperidine rings is 1. The summed E-state index contributed by atoms with van der Waals surface area (Å²) in [5.74, 6) is 0.0859. The Morgan fingerprint density at radius 2 is 2.04 bits per heavy atom. The molecule has 0 atom stereocenters. The molecule has 3 rings (SSSR count). The quantitative estimate of drug-likeness (QED) is 0.844. The van der Waals surface area contributed by atoms with Gasteiger partial charge in [-0.3, -0.25) is 4.79 Å². The summed E-state index contributed by atoms with van der Waals surface area (Å²) in [5.41, 5.74) is 1.94.